The summed E-state index contributed by atoms with van der Waals surface area (Å²) in [4.78, 5) is 9.77. The molecule has 0 aromatic heterocycles. The van der Waals surface area contributed by atoms with Crippen molar-refractivity contribution in [3.05, 3.63) is 0 Å². The monoisotopic (exact) mass is 174 g/mol. The molecular weight excluding hydrogens is 166 g/mol. The molecule has 0 bridgehead atoms. The van der Waals surface area contributed by atoms with Crippen molar-refractivity contribution in [2.24, 2.45) is 5.10 Å². The molecule has 0 aliphatic heterocycles. The molecule has 0 aliphatic carbocycles. The fourth-order valence-corrected chi connectivity index (χ4v) is 0.541. The van der Waals surface area contributed by atoms with Gasteiger partial charge >= 0.3 is 0 Å². The molecule has 11 heavy (non-hydrogen) atoms. The Labute approximate surface area is 69.5 Å². The van der Waals surface area contributed by atoms with Gasteiger partial charge in [-0.1, -0.05) is 0 Å². The van der Waals surface area contributed by atoms with E-state index in [2.05, 4.69) is 28.1 Å². The molecule has 62 valence electrons. The lowest BCUT2D eigenvalue weighted by atomic mass is 10.7. The summed E-state index contributed by atoms with van der Waals surface area (Å²) in [5.74, 6) is -1.36. The van der Waals surface area contributed by atoms with Gasteiger partial charge in [0.1, 0.15) is 0 Å². The minimum Gasteiger partial charge on any atom is -0.544 e. The second kappa shape index (κ2) is 5.60. The number of carboxylic acids is 1. The predicted octanol–water partition coefficient (Wildman–Crippen LogP) is -1.79. The van der Waals surface area contributed by atoms with Crippen molar-refractivity contribution < 1.29 is 9.90 Å². The van der Waals surface area contributed by atoms with E-state index in [0.29, 0.717) is 12.8 Å². The molecule has 0 unspecified atom stereocenters. The highest BCUT2D eigenvalue weighted by atomic mass is 32.1. The maximum absolute atomic E-state index is 9.77. The van der Waals surface area contributed by atoms with E-state index in [0.717, 1.165) is 0 Å². The lowest BCUT2D eigenvalue weighted by Crippen LogP contribution is -2.33. The summed E-state index contributed by atoms with van der Waals surface area (Å²) in [5.41, 5.74) is 2.28. The van der Waals surface area contributed by atoms with Gasteiger partial charge in [0.05, 0.1) is 12.2 Å². The van der Waals surface area contributed by atoms with E-state index in [-0.39, 0.29) is 5.11 Å². The number of thiocarbonyl (C=S) groups is 1. The zero-order chi connectivity index (χ0) is 8.69. The number of hydrazone groups is 1. The van der Waals surface area contributed by atoms with Gasteiger partial charge in [-0.25, -0.2) is 0 Å². The van der Waals surface area contributed by atoms with Crippen LogP contribution in [0.4, 0.5) is 0 Å². The predicted molar refractivity (Wildman–Crippen MR) is 42.9 cm³/mol. The van der Waals surface area contributed by atoms with Gasteiger partial charge in [-0.05, 0) is 19.1 Å². The molecule has 5 nitrogen and oxygen atoms in total. The van der Waals surface area contributed by atoms with Crippen LogP contribution in [0.2, 0.25) is 0 Å². The normalized spacial score (nSPS) is 9.55. The Balaban J connectivity index is 3.53. The van der Waals surface area contributed by atoms with Crippen LogP contribution >= 0.6 is 12.2 Å². The fourth-order valence-electron chi connectivity index (χ4n) is 0.344. The smallest absolute Gasteiger partial charge is 0.186 e. The second-order valence-electron chi connectivity index (χ2n) is 1.55. The van der Waals surface area contributed by atoms with Crippen molar-refractivity contribution in [2.75, 3.05) is 6.54 Å². The molecule has 0 saturated carbocycles. The molecule has 0 heterocycles. The van der Waals surface area contributed by atoms with Crippen molar-refractivity contribution in [3.63, 3.8) is 0 Å². The van der Waals surface area contributed by atoms with Crippen molar-refractivity contribution in [3.8, 4) is 0 Å². The van der Waals surface area contributed by atoms with Crippen molar-refractivity contribution in [2.45, 2.75) is 6.92 Å². The quantitative estimate of drug-likeness (QED) is 0.300. The Morgan fingerprint density at radius 3 is 2.91 bits per heavy atom. The van der Waals surface area contributed by atoms with Crippen molar-refractivity contribution >= 4 is 29.5 Å². The fraction of sp³-hybridized carbons (Fsp3) is 0.400. The SMILES string of the molecule is CCNC(=S)N/N=C\C(=O)[O-]. The largest absolute Gasteiger partial charge is 0.544 e. The number of rotatable bonds is 3. The molecule has 0 rings (SSSR count). The second-order valence-corrected chi connectivity index (χ2v) is 1.96. The third-order valence-corrected chi connectivity index (χ3v) is 0.909. The molecule has 0 radical (unpaired) electrons. The van der Waals surface area contributed by atoms with Gasteiger partial charge in [0.2, 0.25) is 0 Å². The number of carbonyl (C=O) groups is 1. The molecule has 0 saturated heterocycles. The first-order valence-corrected chi connectivity index (χ1v) is 3.35. The first-order valence-electron chi connectivity index (χ1n) is 2.94. The first kappa shape index (κ1) is 9.83. The number of hydrogen-bond donors (Lipinski definition) is 2. The van der Waals surface area contributed by atoms with E-state index in [1.165, 1.54) is 0 Å². The van der Waals surface area contributed by atoms with E-state index in [4.69, 9.17) is 0 Å². The Hall–Kier alpha value is -1.17. The molecular formula is C5H8N3O2S-. The summed E-state index contributed by atoms with van der Waals surface area (Å²) in [5, 5.41) is 16.0. The standard InChI is InChI=1S/C5H9N3O2S/c1-2-6-5(11)8-7-3-4(9)10/h3H,2H2,1H3,(H,9,10)(H2,6,8,11)/p-1/b7-3-. The summed E-state index contributed by atoms with van der Waals surface area (Å²) in [6.07, 6.45) is 0.615. The molecule has 2 N–H and O–H groups in total. The number of hydrogen-bond acceptors (Lipinski definition) is 4. The molecule has 0 aliphatic rings. The molecule has 0 atom stereocenters. The van der Waals surface area contributed by atoms with Gasteiger partial charge in [-0.15, -0.1) is 0 Å². The van der Waals surface area contributed by atoms with Crippen LogP contribution in [0.1, 0.15) is 6.92 Å². The van der Waals surface area contributed by atoms with Crippen LogP contribution in [0.3, 0.4) is 0 Å². The highest BCUT2D eigenvalue weighted by molar-refractivity contribution is 7.80. The van der Waals surface area contributed by atoms with Crippen LogP contribution in [-0.2, 0) is 4.79 Å². The van der Waals surface area contributed by atoms with Crippen LogP contribution in [0.15, 0.2) is 5.10 Å². The van der Waals surface area contributed by atoms with Crippen LogP contribution in [0, 0.1) is 0 Å². The third-order valence-electron chi connectivity index (χ3n) is 0.673. The van der Waals surface area contributed by atoms with Gasteiger partial charge < -0.3 is 15.2 Å². The summed E-state index contributed by atoms with van der Waals surface area (Å²) >= 11 is 4.66. The highest BCUT2D eigenvalue weighted by Gasteiger charge is 1.85. The van der Waals surface area contributed by atoms with Crippen LogP contribution < -0.4 is 15.8 Å². The van der Waals surface area contributed by atoms with Gasteiger partial charge in [-0.2, -0.15) is 5.10 Å². The molecule has 0 aromatic rings. The van der Waals surface area contributed by atoms with E-state index in [1.807, 2.05) is 6.92 Å². The zero-order valence-electron chi connectivity index (χ0n) is 5.96. The molecule has 6 heteroatoms. The van der Waals surface area contributed by atoms with Gasteiger partial charge in [0.15, 0.2) is 5.11 Å². The molecule has 0 aromatic carbocycles. The molecule has 0 fully saturated rings. The van der Waals surface area contributed by atoms with Gasteiger partial charge in [-0.3, -0.25) is 5.43 Å². The Morgan fingerprint density at radius 1 is 1.82 bits per heavy atom. The number of carboxylic acid groups (broad SMARTS) is 1. The van der Waals surface area contributed by atoms with E-state index in [1.54, 1.807) is 0 Å². The minimum absolute atomic E-state index is 0.282. The van der Waals surface area contributed by atoms with Gasteiger partial charge in [0, 0.05) is 6.54 Å². The zero-order valence-corrected chi connectivity index (χ0v) is 6.77. The summed E-state index contributed by atoms with van der Waals surface area (Å²) in [6.45, 7) is 2.52. The minimum atomic E-state index is -1.36. The summed E-state index contributed by atoms with van der Waals surface area (Å²) in [6, 6.07) is 0. The topological polar surface area (TPSA) is 76.5 Å². The number of carbonyl (C=O) groups excluding carboxylic acids is 1. The Bertz CT molecular complexity index is 181. The summed E-state index contributed by atoms with van der Waals surface area (Å²) in [7, 11) is 0. The maximum atomic E-state index is 9.77. The summed E-state index contributed by atoms with van der Waals surface area (Å²) < 4.78 is 0. The van der Waals surface area contributed by atoms with E-state index >= 15 is 0 Å². The van der Waals surface area contributed by atoms with Crippen LogP contribution in [0.25, 0.3) is 0 Å². The lowest BCUT2D eigenvalue weighted by Gasteiger charge is -2.02. The Morgan fingerprint density at radius 2 is 2.45 bits per heavy atom. The van der Waals surface area contributed by atoms with Crippen molar-refractivity contribution in [1.82, 2.24) is 10.7 Å². The molecule has 0 amide bonds. The maximum Gasteiger partial charge on any atom is 0.186 e. The average Bonchev–Trinajstić information content (AvgIpc) is 1.87. The number of nitrogens with one attached hydrogen (secondary N) is 2. The molecule has 0 spiro atoms. The lowest BCUT2D eigenvalue weighted by molar-refractivity contribution is -0.293. The first-order chi connectivity index (χ1) is 5.16. The highest BCUT2D eigenvalue weighted by Crippen LogP contribution is 1.64. The van der Waals surface area contributed by atoms with Crippen molar-refractivity contribution in [1.29, 1.82) is 0 Å². The number of nitrogens with zero attached hydrogens (tertiary/aromatic N) is 1. The van der Waals surface area contributed by atoms with Gasteiger partial charge in [0.25, 0.3) is 0 Å². The number of aliphatic carboxylic acids is 1. The van der Waals surface area contributed by atoms with E-state index in [9.17, 15) is 9.90 Å². The van der Waals surface area contributed by atoms with Crippen LogP contribution in [-0.4, -0.2) is 23.8 Å². The van der Waals surface area contributed by atoms with E-state index < -0.39 is 5.97 Å². The van der Waals surface area contributed by atoms with Crippen LogP contribution in [0.5, 0.6) is 0 Å². The third kappa shape index (κ3) is 6.72. The average molecular weight is 174 g/mol. The Kier molecular flexibility index (Phi) is 5.01.